The first-order chi connectivity index (χ1) is 21.2. The molecular weight excluding hydrogens is 542 g/mol. The van der Waals surface area contributed by atoms with Gasteiger partial charge in [-0.15, -0.1) is 0 Å². The van der Waals surface area contributed by atoms with Gasteiger partial charge in [0.05, 0.1) is 5.39 Å². The van der Waals surface area contributed by atoms with Crippen molar-refractivity contribution in [2.45, 2.75) is 51.1 Å². The summed E-state index contributed by atoms with van der Waals surface area (Å²) in [7, 11) is 0. The standard InChI is InChI=1S/C33H43N7O3/c41-31(39-42)9-5-2-6-19-43-20-15-28-23-40(18-17-34-28)22-26-10-12-27(13-11-26)30-21-29-32(36-24-37-33(29)38-30)35-16-14-25-7-3-1-4-8-25/h1,3-4,7-8,10-13,21,24,28,34,42H,2,5-6,9,14-20,22-23H2,(H,39,41)(H2,35,36,37,38). The van der Waals surface area contributed by atoms with Crippen molar-refractivity contribution in [3.8, 4) is 11.3 Å². The van der Waals surface area contributed by atoms with Gasteiger partial charge in [0.1, 0.15) is 17.8 Å². The third-order valence-corrected chi connectivity index (χ3v) is 7.91. The van der Waals surface area contributed by atoms with Crippen LogP contribution in [0.1, 0.15) is 43.2 Å². The van der Waals surface area contributed by atoms with Crippen molar-refractivity contribution in [2.24, 2.45) is 0 Å². The van der Waals surface area contributed by atoms with Gasteiger partial charge >= 0.3 is 0 Å². The number of H-pyrrole nitrogens is 1. The molecule has 1 unspecified atom stereocenters. The first kappa shape index (κ1) is 30.6. The summed E-state index contributed by atoms with van der Waals surface area (Å²) in [5.41, 5.74) is 7.26. The summed E-state index contributed by atoms with van der Waals surface area (Å²) >= 11 is 0. The van der Waals surface area contributed by atoms with Crippen molar-refractivity contribution in [1.29, 1.82) is 0 Å². The molecule has 1 aliphatic heterocycles. The van der Waals surface area contributed by atoms with Crippen LogP contribution in [0.25, 0.3) is 22.3 Å². The normalized spacial score (nSPS) is 15.5. The van der Waals surface area contributed by atoms with E-state index in [1.165, 1.54) is 11.1 Å². The zero-order valence-electron chi connectivity index (χ0n) is 24.7. The maximum atomic E-state index is 11.0. The fraction of sp³-hybridized carbons (Fsp3) is 0.424. The van der Waals surface area contributed by atoms with E-state index in [4.69, 9.17) is 9.94 Å². The minimum absolute atomic E-state index is 0.327. The second kappa shape index (κ2) is 16.1. The molecule has 10 nitrogen and oxygen atoms in total. The molecule has 0 radical (unpaired) electrons. The number of hydrogen-bond acceptors (Lipinski definition) is 8. The molecule has 2 aromatic heterocycles. The van der Waals surface area contributed by atoms with Crippen LogP contribution >= 0.6 is 0 Å². The van der Waals surface area contributed by atoms with Gasteiger partial charge in [0.25, 0.3) is 0 Å². The van der Waals surface area contributed by atoms with Gasteiger partial charge in [-0.1, -0.05) is 61.0 Å². The average molecular weight is 586 g/mol. The molecule has 4 aromatic rings. The average Bonchev–Trinajstić information content (AvgIpc) is 3.49. The van der Waals surface area contributed by atoms with Crippen molar-refractivity contribution >= 4 is 22.8 Å². The van der Waals surface area contributed by atoms with Crippen LogP contribution in [0, 0.1) is 0 Å². The van der Waals surface area contributed by atoms with Crippen LogP contribution in [0.2, 0.25) is 0 Å². The Morgan fingerprint density at radius 1 is 1.02 bits per heavy atom. The molecule has 10 heteroatoms. The number of nitrogens with zero attached hydrogens (tertiary/aromatic N) is 3. The number of aromatic nitrogens is 3. The van der Waals surface area contributed by atoms with Crippen LogP contribution in [0.4, 0.5) is 5.82 Å². The number of unbranched alkanes of at least 4 members (excludes halogenated alkanes) is 2. The molecule has 0 aliphatic carbocycles. The Morgan fingerprint density at radius 2 is 1.88 bits per heavy atom. The predicted molar refractivity (Wildman–Crippen MR) is 169 cm³/mol. The van der Waals surface area contributed by atoms with Crippen LogP contribution in [0.5, 0.6) is 0 Å². The largest absolute Gasteiger partial charge is 0.381 e. The lowest BCUT2D eigenvalue weighted by Crippen LogP contribution is -2.50. The van der Waals surface area contributed by atoms with E-state index in [1.807, 2.05) is 6.07 Å². The van der Waals surface area contributed by atoms with Crippen LogP contribution in [-0.2, 0) is 22.5 Å². The third kappa shape index (κ3) is 9.33. The van der Waals surface area contributed by atoms with Gasteiger partial charge < -0.3 is 20.4 Å². The fourth-order valence-electron chi connectivity index (χ4n) is 5.54. The van der Waals surface area contributed by atoms with Crippen LogP contribution in [-0.4, -0.2) is 76.4 Å². The second-order valence-electron chi connectivity index (χ2n) is 11.2. The number of fused-ring (bicyclic) bond motifs is 1. The molecule has 0 spiro atoms. The van der Waals surface area contributed by atoms with E-state index < -0.39 is 0 Å². The number of piperazine rings is 1. The highest BCUT2D eigenvalue weighted by molar-refractivity contribution is 5.91. The minimum atomic E-state index is -0.327. The number of anilines is 1. The number of nitrogens with one attached hydrogen (secondary N) is 4. The molecule has 1 atom stereocenters. The Labute approximate surface area is 253 Å². The van der Waals surface area contributed by atoms with Crippen LogP contribution < -0.4 is 16.1 Å². The van der Waals surface area contributed by atoms with Gasteiger partial charge in [-0.3, -0.25) is 14.9 Å². The topological polar surface area (TPSA) is 127 Å². The Kier molecular flexibility index (Phi) is 11.5. The summed E-state index contributed by atoms with van der Waals surface area (Å²) in [5.74, 6) is 0.523. The predicted octanol–water partition coefficient (Wildman–Crippen LogP) is 4.53. The molecule has 1 amide bonds. The van der Waals surface area contributed by atoms with Gasteiger partial charge in [0.15, 0.2) is 0 Å². The Balaban J connectivity index is 1.06. The number of carbonyl (C=O) groups excluding carboxylic acids is 1. The lowest BCUT2D eigenvalue weighted by Gasteiger charge is -2.33. The van der Waals surface area contributed by atoms with E-state index in [1.54, 1.807) is 11.8 Å². The van der Waals surface area contributed by atoms with Crippen molar-refractivity contribution < 1.29 is 14.7 Å². The van der Waals surface area contributed by atoms with E-state index >= 15 is 0 Å². The van der Waals surface area contributed by atoms with E-state index in [-0.39, 0.29) is 5.91 Å². The Bertz CT molecular complexity index is 1410. The molecule has 1 saturated heterocycles. The van der Waals surface area contributed by atoms with Crippen molar-refractivity contribution in [3.63, 3.8) is 0 Å². The van der Waals surface area contributed by atoms with Crippen molar-refractivity contribution in [3.05, 3.63) is 78.1 Å². The second-order valence-corrected chi connectivity index (χ2v) is 11.2. The monoisotopic (exact) mass is 585 g/mol. The number of aromatic amines is 1. The Morgan fingerprint density at radius 3 is 2.72 bits per heavy atom. The zero-order chi connectivity index (χ0) is 29.7. The minimum Gasteiger partial charge on any atom is -0.381 e. The zero-order valence-corrected chi connectivity index (χ0v) is 24.7. The highest BCUT2D eigenvalue weighted by Gasteiger charge is 2.19. The SMILES string of the molecule is O=C(CCCCCOCCC1CN(Cc2ccc(-c3cc4c(NCCc5ccccc5)ncnc4[nH]3)cc2)CCN1)NO. The van der Waals surface area contributed by atoms with Gasteiger partial charge in [0.2, 0.25) is 5.91 Å². The molecule has 5 rings (SSSR count). The Hall–Kier alpha value is -3.83. The molecular formula is C33H43N7O3. The summed E-state index contributed by atoms with van der Waals surface area (Å²) in [5, 5.41) is 16.6. The summed E-state index contributed by atoms with van der Waals surface area (Å²) < 4.78 is 5.82. The molecule has 228 valence electrons. The number of hydrogen-bond donors (Lipinski definition) is 5. The van der Waals surface area contributed by atoms with Crippen molar-refractivity contribution in [1.82, 2.24) is 30.6 Å². The molecule has 2 aromatic carbocycles. The number of carbonyl (C=O) groups is 1. The highest BCUT2D eigenvalue weighted by atomic mass is 16.5. The first-order valence-corrected chi connectivity index (χ1v) is 15.3. The summed E-state index contributed by atoms with van der Waals surface area (Å²) in [6, 6.07) is 21.8. The van der Waals surface area contributed by atoms with Crippen LogP contribution in [0.3, 0.4) is 0 Å². The van der Waals surface area contributed by atoms with E-state index in [9.17, 15) is 4.79 Å². The van der Waals surface area contributed by atoms with Crippen LogP contribution in [0.15, 0.2) is 67.0 Å². The quantitative estimate of drug-likeness (QED) is 0.0738. The molecule has 1 aliphatic rings. The molecule has 0 saturated carbocycles. The van der Waals surface area contributed by atoms with Gasteiger partial charge in [-0.2, -0.15) is 0 Å². The molecule has 1 fully saturated rings. The number of amides is 1. The van der Waals surface area contributed by atoms with E-state index in [0.29, 0.717) is 19.1 Å². The number of benzene rings is 2. The fourth-order valence-corrected chi connectivity index (χ4v) is 5.54. The van der Waals surface area contributed by atoms with E-state index in [0.717, 1.165) is 99.5 Å². The van der Waals surface area contributed by atoms with Crippen molar-refractivity contribution in [2.75, 3.05) is 44.7 Å². The molecule has 5 N–H and O–H groups in total. The lowest BCUT2D eigenvalue weighted by atomic mass is 10.1. The molecule has 3 heterocycles. The van der Waals surface area contributed by atoms with Gasteiger partial charge in [0, 0.05) is 64.1 Å². The number of hydroxylamine groups is 1. The first-order valence-electron chi connectivity index (χ1n) is 15.3. The number of rotatable bonds is 16. The maximum Gasteiger partial charge on any atom is 0.243 e. The third-order valence-electron chi connectivity index (χ3n) is 7.91. The highest BCUT2D eigenvalue weighted by Crippen LogP contribution is 2.27. The summed E-state index contributed by atoms with van der Waals surface area (Å²) in [4.78, 5) is 26.0. The van der Waals surface area contributed by atoms with Gasteiger partial charge in [-0.25, -0.2) is 15.4 Å². The summed E-state index contributed by atoms with van der Waals surface area (Å²) in [6.45, 7) is 6.18. The number of ether oxygens (including phenoxy) is 1. The smallest absolute Gasteiger partial charge is 0.243 e. The summed E-state index contributed by atoms with van der Waals surface area (Å²) in [6.07, 6.45) is 6.49. The molecule has 0 bridgehead atoms. The maximum absolute atomic E-state index is 11.0. The van der Waals surface area contributed by atoms with Gasteiger partial charge in [-0.05, 0) is 48.4 Å². The lowest BCUT2D eigenvalue weighted by molar-refractivity contribution is -0.129. The molecule has 43 heavy (non-hydrogen) atoms. The van der Waals surface area contributed by atoms with E-state index in [2.05, 4.69) is 85.1 Å².